The van der Waals surface area contributed by atoms with Crippen LogP contribution in [-0.4, -0.2) is 4.98 Å². The first kappa shape index (κ1) is 28.1. The SMILES string of the molecule is [Pt].[c-]1c(Oc2[c-]c(N3c4ccccc4CCc4cccnc43)ccc2)cccc1-c1cccc2c1[N-]c1ccccc1CC2. The van der Waals surface area contributed by atoms with Crippen molar-refractivity contribution in [3.8, 4) is 22.6 Å². The molecule has 0 atom stereocenters. The second-order valence-corrected chi connectivity index (χ2v) is 10.9. The van der Waals surface area contributed by atoms with E-state index in [4.69, 9.17) is 15.0 Å². The van der Waals surface area contributed by atoms with Crippen LogP contribution in [0.25, 0.3) is 16.4 Å². The summed E-state index contributed by atoms with van der Waals surface area (Å²) in [5.41, 5.74) is 11.1. The molecule has 0 N–H and O–H groups in total. The summed E-state index contributed by atoms with van der Waals surface area (Å²) in [5, 5.41) is 5.12. The number of nitrogens with zero attached hydrogens (tertiary/aromatic N) is 3. The van der Waals surface area contributed by atoms with E-state index >= 15 is 0 Å². The minimum Gasteiger partial charge on any atom is -0.665 e. The largest absolute Gasteiger partial charge is 0.665 e. The van der Waals surface area contributed by atoms with Crippen LogP contribution in [0.15, 0.2) is 121 Å². The van der Waals surface area contributed by atoms with Crippen molar-refractivity contribution in [1.29, 1.82) is 0 Å². The summed E-state index contributed by atoms with van der Waals surface area (Å²) in [6, 6.07) is 46.6. The van der Waals surface area contributed by atoms with E-state index in [0.717, 1.165) is 65.4 Å². The molecule has 8 rings (SSSR count). The van der Waals surface area contributed by atoms with Crippen molar-refractivity contribution in [1.82, 2.24) is 4.98 Å². The maximum Gasteiger partial charge on any atom is 0.138 e. The second kappa shape index (κ2) is 12.1. The molecule has 0 radical (unpaired) electrons. The van der Waals surface area contributed by atoms with Crippen molar-refractivity contribution in [3.05, 3.63) is 161 Å². The van der Waals surface area contributed by atoms with Gasteiger partial charge < -0.3 is 15.0 Å². The Morgan fingerprint density at radius 1 is 0.614 bits per heavy atom. The van der Waals surface area contributed by atoms with Gasteiger partial charge >= 0.3 is 0 Å². The van der Waals surface area contributed by atoms with E-state index in [1.807, 2.05) is 36.5 Å². The number of para-hydroxylation sites is 3. The van der Waals surface area contributed by atoms with Gasteiger partial charge in [-0.25, -0.2) is 4.98 Å². The Kier molecular flexibility index (Phi) is 7.76. The van der Waals surface area contributed by atoms with Crippen LogP contribution in [0.1, 0.15) is 22.3 Å². The number of ether oxygens (including phenoxy) is 1. The molecular weight excluding hydrogens is 722 g/mol. The first-order chi connectivity index (χ1) is 21.3. The van der Waals surface area contributed by atoms with Crippen molar-refractivity contribution in [2.24, 2.45) is 0 Å². The zero-order chi connectivity index (χ0) is 28.6. The molecule has 0 saturated carbocycles. The van der Waals surface area contributed by atoms with Gasteiger partial charge in [-0.15, -0.1) is 53.2 Å². The predicted molar refractivity (Wildman–Crippen MR) is 172 cm³/mol. The Morgan fingerprint density at radius 2 is 1.30 bits per heavy atom. The maximum absolute atomic E-state index is 6.42. The van der Waals surface area contributed by atoms with Crippen LogP contribution >= 0.6 is 0 Å². The fourth-order valence-electron chi connectivity index (χ4n) is 6.17. The van der Waals surface area contributed by atoms with E-state index in [-0.39, 0.29) is 21.1 Å². The van der Waals surface area contributed by atoms with Gasteiger partial charge in [-0.1, -0.05) is 89.6 Å². The molecular formula is C39H28N3OPt-3. The number of hydrogen-bond acceptors (Lipinski definition) is 3. The van der Waals surface area contributed by atoms with Crippen molar-refractivity contribution < 1.29 is 25.8 Å². The molecule has 2 aliphatic heterocycles. The van der Waals surface area contributed by atoms with Gasteiger partial charge in [-0.3, -0.25) is 0 Å². The van der Waals surface area contributed by atoms with Crippen molar-refractivity contribution in [2.75, 3.05) is 4.90 Å². The van der Waals surface area contributed by atoms with Gasteiger partial charge in [-0.05, 0) is 48.9 Å². The summed E-state index contributed by atoms with van der Waals surface area (Å²) in [6.45, 7) is 0. The Hall–Kier alpha value is -4.66. The fourth-order valence-corrected chi connectivity index (χ4v) is 6.17. The number of aryl methyl sites for hydroxylation is 4. The molecule has 4 nitrogen and oxygen atoms in total. The number of anilines is 3. The van der Waals surface area contributed by atoms with E-state index in [1.54, 1.807) is 0 Å². The molecule has 0 fully saturated rings. The van der Waals surface area contributed by atoms with Gasteiger partial charge in [0.1, 0.15) is 5.82 Å². The molecule has 5 heteroatoms. The number of rotatable bonds is 4. The van der Waals surface area contributed by atoms with Crippen LogP contribution < -0.4 is 9.64 Å². The molecule has 1 aromatic heterocycles. The summed E-state index contributed by atoms with van der Waals surface area (Å²) in [4.78, 5) is 7.00. The quantitative estimate of drug-likeness (QED) is 0.169. The predicted octanol–water partition coefficient (Wildman–Crippen LogP) is 10.1. The van der Waals surface area contributed by atoms with Crippen molar-refractivity contribution >= 4 is 28.6 Å². The molecule has 3 heterocycles. The van der Waals surface area contributed by atoms with E-state index in [9.17, 15) is 0 Å². The molecule has 6 aromatic rings. The van der Waals surface area contributed by atoms with Crippen LogP contribution in [0.5, 0.6) is 11.5 Å². The molecule has 0 aliphatic carbocycles. The smallest absolute Gasteiger partial charge is 0.138 e. The van der Waals surface area contributed by atoms with Crippen LogP contribution in [0, 0.1) is 12.1 Å². The first-order valence-electron chi connectivity index (χ1n) is 14.8. The summed E-state index contributed by atoms with van der Waals surface area (Å²) in [6.07, 6.45) is 5.70. The summed E-state index contributed by atoms with van der Waals surface area (Å²) < 4.78 is 6.42. The third-order valence-electron chi connectivity index (χ3n) is 8.25. The van der Waals surface area contributed by atoms with Crippen molar-refractivity contribution in [2.45, 2.75) is 25.7 Å². The normalized spacial score (nSPS) is 13.0. The Morgan fingerprint density at radius 3 is 2.23 bits per heavy atom. The third kappa shape index (κ3) is 5.31. The van der Waals surface area contributed by atoms with E-state index < -0.39 is 0 Å². The standard InChI is InChI=1S/C39H28N3O.Pt/c1-3-18-36-27(9-1)20-22-29-11-6-17-35(38(29)41-36)31-12-5-15-33(25-31)43-34-16-7-14-32(26-34)42-37-19-4-2-10-28(37)21-23-30-13-8-24-40-39(30)42;/h1-19,24H,20-23H2;/q-3;. The Bertz CT molecular complexity index is 1920. The van der Waals surface area contributed by atoms with E-state index in [0.29, 0.717) is 11.5 Å². The van der Waals surface area contributed by atoms with Crippen molar-refractivity contribution in [3.63, 3.8) is 0 Å². The molecule has 2 aliphatic rings. The Labute approximate surface area is 272 Å². The van der Waals surface area contributed by atoms with Gasteiger partial charge in [0, 0.05) is 44.4 Å². The molecule has 0 unspecified atom stereocenters. The fraction of sp³-hybridized carbons (Fsp3) is 0.103. The third-order valence-corrected chi connectivity index (χ3v) is 8.25. The second-order valence-electron chi connectivity index (χ2n) is 10.9. The number of benzene rings is 5. The number of pyridine rings is 1. The maximum atomic E-state index is 6.42. The zero-order valence-corrected chi connectivity index (χ0v) is 26.2. The van der Waals surface area contributed by atoms with Gasteiger partial charge in [0.05, 0.1) is 0 Å². The summed E-state index contributed by atoms with van der Waals surface area (Å²) in [7, 11) is 0. The van der Waals surface area contributed by atoms with Gasteiger partial charge in [-0.2, -0.15) is 11.8 Å². The molecule has 5 aromatic carbocycles. The molecule has 0 saturated heterocycles. The van der Waals surface area contributed by atoms with Crippen LogP contribution in [0.2, 0.25) is 0 Å². The average Bonchev–Trinajstić information content (AvgIpc) is 3.35. The minimum atomic E-state index is 0. The average molecular weight is 750 g/mol. The first-order valence-corrected chi connectivity index (χ1v) is 14.8. The topological polar surface area (TPSA) is 39.5 Å². The van der Waals surface area contributed by atoms with Gasteiger partial charge in [0.15, 0.2) is 0 Å². The molecule has 0 amide bonds. The zero-order valence-electron chi connectivity index (χ0n) is 23.9. The van der Waals surface area contributed by atoms with E-state index in [1.165, 1.54) is 22.3 Å². The Balaban J connectivity index is 0.00000312. The van der Waals surface area contributed by atoms with Gasteiger partial charge in [0.25, 0.3) is 0 Å². The van der Waals surface area contributed by atoms with Crippen LogP contribution in [0.4, 0.5) is 28.6 Å². The summed E-state index contributed by atoms with van der Waals surface area (Å²) in [5.74, 6) is 2.19. The number of aromatic nitrogens is 1. The van der Waals surface area contributed by atoms with Crippen LogP contribution in [-0.2, 0) is 46.7 Å². The summed E-state index contributed by atoms with van der Waals surface area (Å²) >= 11 is 0. The number of fused-ring (bicyclic) bond motifs is 4. The molecule has 0 spiro atoms. The molecule has 0 bridgehead atoms. The monoisotopic (exact) mass is 749 g/mol. The van der Waals surface area contributed by atoms with E-state index in [2.05, 4.69) is 102 Å². The van der Waals surface area contributed by atoms with Gasteiger partial charge in [0.2, 0.25) is 0 Å². The minimum absolute atomic E-state index is 0. The number of hydrogen-bond donors (Lipinski definition) is 0. The molecule has 44 heavy (non-hydrogen) atoms. The van der Waals surface area contributed by atoms with Crippen LogP contribution in [0.3, 0.4) is 0 Å². The molecule has 218 valence electrons.